The molecule has 1 aromatic carbocycles. The maximum atomic E-state index is 12.5. The predicted octanol–water partition coefficient (Wildman–Crippen LogP) is 4.06. The first-order valence-corrected chi connectivity index (χ1v) is 4.27. The molecule has 0 N–H and O–H groups in total. The lowest BCUT2D eigenvalue weighted by atomic mass is 10.1. The maximum Gasteiger partial charge on any atom is 0.146 e. The number of halogens is 3. The van der Waals surface area contributed by atoms with Crippen LogP contribution in [-0.2, 0) is 6.42 Å². The molecule has 0 spiro atoms. The van der Waals surface area contributed by atoms with Gasteiger partial charge < -0.3 is 0 Å². The molecule has 0 aromatic heterocycles. The van der Waals surface area contributed by atoms with E-state index in [9.17, 15) is 4.39 Å². The van der Waals surface area contributed by atoms with Gasteiger partial charge in [-0.1, -0.05) is 29.3 Å². The fraction of sp³-hybridized carbons (Fsp3) is 0.222. The van der Waals surface area contributed by atoms with Gasteiger partial charge in [-0.2, -0.15) is 0 Å². The number of hydrogen-bond donors (Lipinski definition) is 0. The van der Waals surface area contributed by atoms with Crippen LogP contribution in [0.5, 0.6) is 0 Å². The molecule has 0 saturated carbocycles. The van der Waals surface area contributed by atoms with Crippen molar-refractivity contribution < 1.29 is 4.39 Å². The highest BCUT2D eigenvalue weighted by Crippen LogP contribution is 2.23. The highest BCUT2D eigenvalue weighted by atomic mass is 35.5. The molecule has 0 bridgehead atoms. The zero-order chi connectivity index (χ0) is 9.14. The van der Waals surface area contributed by atoms with Crippen molar-refractivity contribution in [2.75, 3.05) is 0 Å². The summed E-state index contributed by atoms with van der Waals surface area (Å²) in [6.07, 6.45) is 0.106. The molecule has 12 heavy (non-hydrogen) atoms. The third-order valence-electron chi connectivity index (χ3n) is 1.45. The summed E-state index contributed by atoms with van der Waals surface area (Å²) in [4.78, 5) is 0. The summed E-state index contributed by atoms with van der Waals surface area (Å²) in [5.41, 5.74) is 0.765. The van der Waals surface area contributed by atoms with Gasteiger partial charge in [0.05, 0.1) is 0 Å². The quantitative estimate of drug-likeness (QED) is 0.684. The summed E-state index contributed by atoms with van der Waals surface area (Å²) in [5, 5.41) is 1.08. The lowest BCUT2D eigenvalue weighted by Crippen LogP contribution is -1.91. The molecular weight excluding hydrogens is 198 g/mol. The third kappa shape index (κ3) is 2.65. The Morgan fingerprint density at radius 2 is 2.08 bits per heavy atom. The molecule has 1 rings (SSSR count). The van der Waals surface area contributed by atoms with Crippen molar-refractivity contribution in [3.8, 4) is 0 Å². The Balaban J connectivity index is 2.86. The molecule has 1 aromatic rings. The average Bonchev–Trinajstić information content (AvgIpc) is 1.94. The van der Waals surface area contributed by atoms with Crippen LogP contribution in [-0.4, -0.2) is 0 Å². The first-order valence-electron chi connectivity index (χ1n) is 3.51. The minimum atomic E-state index is -0.153. The number of hydrogen-bond acceptors (Lipinski definition) is 0. The second kappa shape index (κ2) is 4.11. The van der Waals surface area contributed by atoms with Gasteiger partial charge in [-0.25, -0.2) is 4.39 Å². The Morgan fingerprint density at radius 1 is 1.42 bits per heavy atom. The van der Waals surface area contributed by atoms with Crippen molar-refractivity contribution in [3.63, 3.8) is 0 Å². The van der Waals surface area contributed by atoms with Crippen molar-refractivity contribution in [3.05, 3.63) is 40.0 Å². The second-order valence-corrected chi connectivity index (χ2v) is 3.43. The largest absolute Gasteiger partial charge is 0.240 e. The first kappa shape index (κ1) is 9.82. The van der Waals surface area contributed by atoms with Crippen molar-refractivity contribution >= 4 is 23.2 Å². The molecule has 0 heterocycles. The summed E-state index contributed by atoms with van der Waals surface area (Å²) >= 11 is 11.5. The smallest absolute Gasteiger partial charge is 0.146 e. The van der Waals surface area contributed by atoms with Gasteiger partial charge in [0.15, 0.2) is 0 Å². The van der Waals surface area contributed by atoms with Gasteiger partial charge in [0.1, 0.15) is 6.17 Å². The summed E-state index contributed by atoms with van der Waals surface area (Å²) < 4.78 is 12.5. The molecule has 3 heteroatoms. The van der Waals surface area contributed by atoms with E-state index in [0.29, 0.717) is 10.0 Å². The fourth-order valence-corrected chi connectivity index (χ4v) is 1.40. The van der Waals surface area contributed by atoms with Gasteiger partial charge in [0, 0.05) is 16.5 Å². The van der Waals surface area contributed by atoms with Gasteiger partial charge in [-0.15, -0.1) is 0 Å². The van der Waals surface area contributed by atoms with Gasteiger partial charge in [-0.05, 0) is 24.6 Å². The molecule has 0 aliphatic carbocycles. The summed E-state index contributed by atoms with van der Waals surface area (Å²) in [5.74, 6) is 0. The van der Waals surface area contributed by atoms with Crippen LogP contribution in [0.1, 0.15) is 12.5 Å². The normalized spacial score (nSPS) is 10.8. The lowest BCUT2D eigenvalue weighted by molar-refractivity contribution is 0.494. The molecule has 0 aliphatic heterocycles. The summed E-state index contributed by atoms with van der Waals surface area (Å²) in [6, 6.07) is 5.04. The third-order valence-corrected chi connectivity index (χ3v) is 2.04. The Kier molecular flexibility index (Phi) is 3.36. The second-order valence-electron chi connectivity index (χ2n) is 2.59. The monoisotopic (exact) mass is 205 g/mol. The van der Waals surface area contributed by atoms with E-state index in [2.05, 4.69) is 0 Å². The van der Waals surface area contributed by atoms with Crippen LogP contribution in [0.2, 0.25) is 10.0 Å². The van der Waals surface area contributed by atoms with E-state index in [-0.39, 0.29) is 12.6 Å². The SMILES string of the molecule is C[C](F)Cc1ccc(Cl)cc1Cl. The van der Waals surface area contributed by atoms with Crippen LogP contribution >= 0.6 is 23.2 Å². The Labute approximate surface area is 81.3 Å². The summed E-state index contributed by atoms with van der Waals surface area (Å²) in [6.45, 7) is 1.42. The van der Waals surface area contributed by atoms with Crippen LogP contribution in [0.15, 0.2) is 18.2 Å². The predicted molar refractivity (Wildman–Crippen MR) is 50.2 cm³/mol. The van der Waals surface area contributed by atoms with Gasteiger partial charge >= 0.3 is 0 Å². The van der Waals surface area contributed by atoms with Crippen LogP contribution in [0.4, 0.5) is 4.39 Å². The van der Waals surface area contributed by atoms with Crippen molar-refractivity contribution in [1.29, 1.82) is 0 Å². The van der Waals surface area contributed by atoms with Crippen molar-refractivity contribution in [1.82, 2.24) is 0 Å². The molecule has 1 radical (unpaired) electrons. The van der Waals surface area contributed by atoms with Crippen molar-refractivity contribution in [2.24, 2.45) is 0 Å². The summed E-state index contributed by atoms with van der Waals surface area (Å²) in [7, 11) is 0. The van der Waals surface area contributed by atoms with Crippen LogP contribution in [0.3, 0.4) is 0 Å². The molecule has 0 nitrogen and oxygen atoms in total. The highest BCUT2D eigenvalue weighted by molar-refractivity contribution is 6.35. The number of benzene rings is 1. The standard InChI is InChI=1S/C9H8Cl2F/c1-6(12)4-7-2-3-8(10)5-9(7)11/h2-3,5H,4H2,1H3. The van der Waals surface area contributed by atoms with E-state index in [1.807, 2.05) is 0 Å². The van der Waals surface area contributed by atoms with Crippen LogP contribution < -0.4 is 0 Å². The van der Waals surface area contributed by atoms with E-state index in [1.165, 1.54) is 6.92 Å². The zero-order valence-corrected chi connectivity index (χ0v) is 8.08. The Morgan fingerprint density at radius 3 is 2.58 bits per heavy atom. The van der Waals surface area contributed by atoms with Crippen molar-refractivity contribution in [2.45, 2.75) is 13.3 Å². The Bertz CT molecular complexity index is 271. The minimum Gasteiger partial charge on any atom is -0.240 e. The van der Waals surface area contributed by atoms with E-state index in [4.69, 9.17) is 23.2 Å². The highest BCUT2D eigenvalue weighted by Gasteiger charge is 2.06. The molecule has 0 fully saturated rings. The van der Waals surface area contributed by atoms with Gasteiger partial charge in [0.2, 0.25) is 0 Å². The van der Waals surface area contributed by atoms with E-state index >= 15 is 0 Å². The maximum absolute atomic E-state index is 12.5. The molecule has 0 atom stereocenters. The van der Waals surface area contributed by atoms with Gasteiger partial charge in [0.25, 0.3) is 0 Å². The van der Waals surface area contributed by atoms with Crippen LogP contribution in [0.25, 0.3) is 0 Å². The zero-order valence-electron chi connectivity index (χ0n) is 6.57. The molecule has 0 unspecified atom stereocenters. The molecule has 65 valence electrons. The minimum absolute atomic E-state index is 0.153. The van der Waals surface area contributed by atoms with E-state index < -0.39 is 0 Å². The first-order chi connectivity index (χ1) is 5.59. The van der Waals surface area contributed by atoms with Gasteiger partial charge in [-0.3, -0.25) is 0 Å². The fourth-order valence-electron chi connectivity index (χ4n) is 0.927. The molecule has 0 amide bonds. The molecule has 0 aliphatic rings. The molecule has 0 saturated heterocycles. The van der Waals surface area contributed by atoms with Crippen LogP contribution in [0, 0.1) is 6.17 Å². The van der Waals surface area contributed by atoms with E-state index in [0.717, 1.165) is 5.56 Å². The van der Waals surface area contributed by atoms with E-state index in [1.54, 1.807) is 18.2 Å². The average molecular weight is 206 g/mol. The lowest BCUT2D eigenvalue weighted by Gasteiger charge is -2.03. The topological polar surface area (TPSA) is 0 Å². The Hall–Kier alpha value is -0.270. The molecular formula is C9H8Cl2F. The number of rotatable bonds is 2.